The molecule has 0 fully saturated rings. The molecule has 3 rings (SSSR count). The van der Waals surface area contributed by atoms with Gasteiger partial charge in [-0.05, 0) is 44.5 Å². The number of methoxy groups -OCH3 is 1. The number of benzene rings is 2. The van der Waals surface area contributed by atoms with Crippen LogP contribution < -0.4 is 4.74 Å². The van der Waals surface area contributed by atoms with Crippen molar-refractivity contribution in [3.8, 4) is 5.75 Å². The molecule has 0 radical (unpaired) electrons. The van der Waals surface area contributed by atoms with Gasteiger partial charge in [0.1, 0.15) is 22.6 Å². The maximum absolute atomic E-state index is 13.5. The number of halogens is 2. The van der Waals surface area contributed by atoms with Gasteiger partial charge in [-0.2, -0.15) is 0 Å². The van der Waals surface area contributed by atoms with Crippen molar-refractivity contribution in [2.75, 3.05) is 20.5 Å². The van der Waals surface area contributed by atoms with E-state index in [1.54, 1.807) is 43.3 Å². The molecule has 0 aromatic heterocycles. The van der Waals surface area contributed by atoms with Gasteiger partial charge in [0, 0.05) is 17.2 Å². The lowest BCUT2D eigenvalue weighted by Gasteiger charge is -2.34. The first-order valence-corrected chi connectivity index (χ1v) is 11.1. The average molecular weight is 494 g/mol. The zero-order chi connectivity index (χ0) is 24.2. The number of ether oxygens (including phenoxy) is 3. The Balaban J connectivity index is 2.14. The first-order chi connectivity index (χ1) is 15.8. The van der Waals surface area contributed by atoms with Gasteiger partial charge < -0.3 is 14.2 Å². The Kier molecular flexibility index (Phi) is 8.02. The van der Waals surface area contributed by atoms with Crippen molar-refractivity contribution in [3.05, 3.63) is 69.4 Å². The minimum Gasteiger partial charge on any atom is -0.496 e. The fourth-order valence-electron chi connectivity index (χ4n) is 3.51. The Morgan fingerprint density at radius 2 is 1.85 bits per heavy atom. The van der Waals surface area contributed by atoms with Gasteiger partial charge >= 0.3 is 5.97 Å². The highest BCUT2D eigenvalue weighted by atomic mass is 35.5. The molecule has 7 nitrogen and oxygen atoms in total. The van der Waals surface area contributed by atoms with Crippen molar-refractivity contribution < 1.29 is 28.6 Å². The van der Waals surface area contributed by atoms with Gasteiger partial charge in [0.25, 0.3) is 5.91 Å². The number of rotatable bonds is 9. The fourth-order valence-corrected chi connectivity index (χ4v) is 4.02. The van der Waals surface area contributed by atoms with Crippen LogP contribution in [-0.4, -0.2) is 43.0 Å². The number of carbonyl (C=O) groups is 2. The van der Waals surface area contributed by atoms with Crippen molar-refractivity contribution in [1.82, 2.24) is 5.06 Å². The fraction of sp³-hybridized carbons (Fsp3) is 0.333. The van der Waals surface area contributed by atoms with E-state index in [2.05, 4.69) is 0 Å². The molecule has 33 heavy (non-hydrogen) atoms. The van der Waals surface area contributed by atoms with E-state index in [1.165, 1.54) is 18.2 Å². The van der Waals surface area contributed by atoms with E-state index >= 15 is 0 Å². The molecule has 2 aromatic carbocycles. The van der Waals surface area contributed by atoms with E-state index in [0.717, 1.165) is 0 Å². The Morgan fingerprint density at radius 1 is 1.12 bits per heavy atom. The van der Waals surface area contributed by atoms with Crippen LogP contribution in [0.25, 0.3) is 5.57 Å². The molecular formula is C24H25Cl2NO6. The number of esters is 1. The van der Waals surface area contributed by atoms with E-state index in [4.69, 9.17) is 42.3 Å². The van der Waals surface area contributed by atoms with E-state index in [9.17, 15) is 9.59 Å². The molecule has 0 bridgehead atoms. The molecule has 1 unspecified atom stereocenters. The molecule has 9 heteroatoms. The number of para-hydroxylation sites is 1. The van der Waals surface area contributed by atoms with Gasteiger partial charge in [-0.25, -0.2) is 14.7 Å². The van der Waals surface area contributed by atoms with Crippen LogP contribution in [0, 0.1) is 0 Å². The van der Waals surface area contributed by atoms with Gasteiger partial charge in [-0.3, -0.25) is 4.79 Å². The van der Waals surface area contributed by atoms with Crippen LogP contribution in [0.4, 0.5) is 0 Å². The quantitative estimate of drug-likeness (QED) is 0.260. The molecule has 1 atom stereocenters. The smallest absolute Gasteiger partial charge is 0.347 e. The summed E-state index contributed by atoms with van der Waals surface area (Å²) < 4.78 is 16.5. The third kappa shape index (κ3) is 4.87. The first kappa shape index (κ1) is 25.1. The summed E-state index contributed by atoms with van der Waals surface area (Å²) in [5.41, 5.74) is -0.407. The Labute approximate surface area is 202 Å². The minimum atomic E-state index is -1.11. The maximum atomic E-state index is 13.5. The van der Waals surface area contributed by atoms with Crippen molar-refractivity contribution in [2.24, 2.45) is 0 Å². The van der Waals surface area contributed by atoms with Gasteiger partial charge in [0.05, 0.1) is 17.7 Å². The summed E-state index contributed by atoms with van der Waals surface area (Å²) >= 11 is 12.5. The van der Waals surface area contributed by atoms with Crippen molar-refractivity contribution >= 4 is 40.7 Å². The molecule has 176 valence electrons. The minimum absolute atomic E-state index is 0.112. The van der Waals surface area contributed by atoms with E-state index in [1.807, 2.05) is 13.8 Å². The number of hydrogen-bond donors (Lipinski definition) is 0. The SMILES string of the molecule is CCOCON1C(=O)C(c2ccc(Cl)cc2Cl)=C(OC(=O)c2ccccc2OC)C1(C)CC. The van der Waals surface area contributed by atoms with E-state index < -0.39 is 17.4 Å². The second kappa shape index (κ2) is 10.6. The third-order valence-corrected chi connectivity index (χ3v) is 5.99. The second-order valence-corrected chi connectivity index (χ2v) is 8.23. The molecule has 1 aliphatic heterocycles. The molecule has 0 saturated carbocycles. The highest BCUT2D eigenvalue weighted by Gasteiger charge is 2.52. The highest BCUT2D eigenvalue weighted by Crippen LogP contribution is 2.45. The average Bonchev–Trinajstić information content (AvgIpc) is 3.01. The number of amides is 1. The number of hydrogen-bond acceptors (Lipinski definition) is 6. The summed E-state index contributed by atoms with van der Waals surface area (Å²) in [5, 5.41) is 1.82. The summed E-state index contributed by atoms with van der Waals surface area (Å²) in [6, 6.07) is 11.4. The first-order valence-electron chi connectivity index (χ1n) is 10.4. The van der Waals surface area contributed by atoms with Crippen LogP contribution in [0.5, 0.6) is 5.75 Å². The summed E-state index contributed by atoms with van der Waals surface area (Å²) in [5.74, 6) is -0.719. The predicted octanol–water partition coefficient (Wildman–Crippen LogP) is 5.51. The zero-order valence-electron chi connectivity index (χ0n) is 18.8. The van der Waals surface area contributed by atoms with E-state index in [0.29, 0.717) is 29.4 Å². The highest BCUT2D eigenvalue weighted by molar-refractivity contribution is 6.38. The Bertz CT molecular complexity index is 1090. The summed E-state index contributed by atoms with van der Waals surface area (Å²) in [6.45, 7) is 5.68. The number of nitrogens with zero attached hydrogens (tertiary/aromatic N) is 1. The molecule has 0 spiro atoms. The second-order valence-electron chi connectivity index (χ2n) is 7.38. The van der Waals surface area contributed by atoms with Crippen LogP contribution in [0.15, 0.2) is 48.2 Å². The molecule has 0 aliphatic carbocycles. The molecule has 1 amide bonds. The molecule has 2 aromatic rings. The topological polar surface area (TPSA) is 74.3 Å². The predicted molar refractivity (Wildman–Crippen MR) is 125 cm³/mol. The normalized spacial score (nSPS) is 18.1. The van der Waals surface area contributed by atoms with Crippen molar-refractivity contribution in [3.63, 3.8) is 0 Å². The molecule has 1 aliphatic rings. The molecule has 1 heterocycles. The lowest BCUT2D eigenvalue weighted by molar-refractivity contribution is -0.245. The van der Waals surface area contributed by atoms with Crippen LogP contribution in [-0.2, 0) is 19.1 Å². The van der Waals surface area contributed by atoms with Gasteiger partial charge in [0.15, 0.2) is 6.79 Å². The van der Waals surface area contributed by atoms with E-state index in [-0.39, 0.29) is 28.7 Å². The summed E-state index contributed by atoms with van der Waals surface area (Å²) in [7, 11) is 1.46. The molecular weight excluding hydrogens is 469 g/mol. The van der Waals surface area contributed by atoms with Crippen molar-refractivity contribution in [2.45, 2.75) is 32.7 Å². The lowest BCUT2D eigenvalue weighted by atomic mass is 9.94. The zero-order valence-corrected chi connectivity index (χ0v) is 20.3. The maximum Gasteiger partial charge on any atom is 0.347 e. The Hall–Kier alpha value is -2.58. The largest absolute Gasteiger partial charge is 0.496 e. The summed E-state index contributed by atoms with van der Waals surface area (Å²) in [4.78, 5) is 32.4. The van der Waals surface area contributed by atoms with Gasteiger partial charge in [-0.15, -0.1) is 0 Å². The Morgan fingerprint density at radius 3 is 2.48 bits per heavy atom. The van der Waals surface area contributed by atoms with Crippen LogP contribution in [0.3, 0.4) is 0 Å². The third-order valence-electron chi connectivity index (χ3n) is 5.44. The summed E-state index contributed by atoms with van der Waals surface area (Å²) in [6.07, 6.45) is 0.383. The monoisotopic (exact) mass is 493 g/mol. The van der Waals surface area contributed by atoms with Crippen LogP contribution in [0.1, 0.15) is 43.1 Å². The molecule has 0 N–H and O–H groups in total. The van der Waals surface area contributed by atoms with Crippen molar-refractivity contribution in [1.29, 1.82) is 0 Å². The number of carbonyl (C=O) groups excluding carboxylic acids is 2. The van der Waals surface area contributed by atoms with Gasteiger partial charge in [0.2, 0.25) is 0 Å². The lowest BCUT2D eigenvalue weighted by Crippen LogP contribution is -2.46. The molecule has 0 saturated heterocycles. The van der Waals surface area contributed by atoms with Gasteiger partial charge in [-0.1, -0.05) is 48.3 Å². The van der Waals surface area contributed by atoms with Crippen LogP contribution in [0.2, 0.25) is 10.0 Å². The standard InChI is InChI=1S/C24H25Cl2NO6/c1-5-24(3)21(33-23(29)17-9-7-8-10-19(17)30-4)20(16-12-11-15(25)13-18(16)26)22(28)27(24)32-14-31-6-2/h7-13H,5-6,14H2,1-4H3. The number of hydroxylamine groups is 2. The van der Waals surface area contributed by atoms with Crippen LogP contribution >= 0.6 is 23.2 Å².